The summed E-state index contributed by atoms with van der Waals surface area (Å²) in [4.78, 5) is 24.9. The molecular weight excluding hydrogens is 324 g/mol. The smallest absolute Gasteiger partial charge is 0.316 e. The highest BCUT2D eigenvalue weighted by molar-refractivity contribution is 5.86. The van der Waals surface area contributed by atoms with Gasteiger partial charge in [-0.25, -0.2) is 0 Å². The zero-order valence-electron chi connectivity index (χ0n) is 14.0. The maximum Gasteiger partial charge on any atom is 0.316 e. The van der Waals surface area contributed by atoms with Crippen LogP contribution in [-0.4, -0.2) is 39.5 Å². The molecule has 4 aliphatic carbocycles. The first-order valence-corrected chi connectivity index (χ1v) is 8.84. The largest absolute Gasteiger partial charge is 0.550 e. The number of esters is 1. The van der Waals surface area contributed by atoms with E-state index in [1.807, 2.05) is 0 Å². The SMILES string of the molecule is C=C1CC23C[C@@]1(O)CCC2[C@@]12C=CC(O)[C@@](C)(C(=O)O1)C2C3C(=O)[O-]. The van der Waals surface area contributed by atoms with E-state index in [9.17, 15) is 24.9 Å². The Hall–Kier alpha value is -1.66. The lowest BCUT2D eigenvalue weighted by Crippen LogP contribution is -2.53. The summed E-state index contributed by atoms with van der Waals surface area (Å²) in [5.41, 5.74) is -3.49. The molecule has 3 saturated carbocycles. The first kappa shape index (κ1) is 15.6. The minimum atomic E-state index is -1.31. The van der Waals surface area contributed by atoms with Crippen LogP contribution in [-0.2, 0) is 14.3 Å². The number of carbonyl (C=O) groups excluding carboxylic acids is 2. The van der Waals surface area contributed by atoms with Crippen LogP contribution in [0.15, 0.2) is 24.3 Å². The van der Waals surface area contributed by atoms with Crippen LogP contribution in [0.3, 0.4) is 0 Å². The first-order chi connectivity index (χ1) is 11.6. The van der Waals surface area contributed by atoms with Gasteiger partial charge in [-0.2, -0.15) is 0 Å². The number of carboxylic acids is 1. The van der Waals surface area contributed by atoms with Gasteiger partial charge >= 0.3 is 5.97 Å². The lowest BCUT2D eigenvalue weighted by Gasteiger charge is -2.45. The molecule has 6 heteroatoms. The van der Waals surface area contributed by atoms with Crippen LogP contribution in [0.4, 0.5) is 0 Å². The summed E-state index contributed by atoms with van der Waals surface area (Å²) >= 11 is 0. The van der Waals surface area contributed by atoms with Crippen molar-refractivity contribution in [3.8, 4) is 0 Å². The van der Waals surface area contributed by atoms with E-state index >= 15 is 0 Å². The predicted octanol–water partition coefficient (Wildman–Crippen LogP) is -0.308. The molecule has 4 fully saturated rings. The number of carbonyl (C=O) groups is 2. The molecule has 4 bridgehead atoms. The third-order valence-corrected chi connectivity index (χ3v) is 8.11. The molecule has 5 unspecified atom stereocenters. The second kappa shape index (κ2) is 4.01. The molecule has 1 aliphatic heterocycles. The van der Waals surface area contributed by atoms with E-state index in [1.54, 1.807) is 19.1 Å². The number of rotatable bonds is 1. The van der Waals surface area contributed by atoms with E-state index in [-0.39, 0.29) is 5.92 Å². The zero-order valence-corrected chi connectivity index (χ0v) is 14.0. The average molecular weight is 345 g/mol. The minimum Gasteiger partial charge on any atom is -0.550 e. The molecule has 1 heterocycles. The molecule has 5 aliphatic rings. The number of hydrogen-bond donors (Lipinski definition) is 2. The van der Waals surface area contributed by atoms with Crippen molar-refractivity contribution in [2.75, 3.05) is 0 Å². The van der Waals surface area contributed by atoms with Crippen molar-refractivity contribution >= 4 is 11.9 Å². The molecule has 1 saturated heterocycles. The molecule has 134 valence electrons. The monoisotopic (exact) mass is 345 g/mol. The van der Waals surface area contributed by atoms with E-state index in [4.69, 9.17) is 4.74 Å². The molecule has 25 heavy (non-hydrogen) atoms. The molecule has 1 spiro atoms. The van der Waals surface area contributed by atoms with Gasteiger partial charge in [-0.15, -0.1) is 0 Å². The third kappa shape index (κ3) is 1.36. The van der Waals surface area contributed by atoms with Crippen LogP contribution in [0.2, 0.25) is 0 Å². The van der Waals surface area contributed by atoms with Gasteiger partial charge in [0, 0.05) is 23.7 Å². The van der Waals surface area contributed by atoms with Gasteiger partial charge in [0.1, 0.15) is 11.0 Å². The Morgan fingerprint density at radius 3 is 2.88 bits per heavy atom. The van der Waals surface area contributed by atoms with Gasteiger partial charge in [-0.1, -0.05) is 12.7 Å². The lowest BCUT2D eigenvalue weighted by atomic mass is 9.61. The van der Waals surface area contributed by atoms with Crippen molar-refractivity contribution < 1.29 is 29.6 Å². The number of carboxylic acid groups (broad SMARTS) is 1. The molecule has 5 rings (SSSR count). The fourth-order valence-corrected chi connectivity index (χ4v) is 7.11. The zero-order chi connectivity index (χ0) is 18.0. The van der Waals surface area contributed by atoms with Gasteiger partial charge in [0.15, 0.2) is 0 Å². The summed E-state index contributed by atoms with van der Waals surface area (Å²) in [5.74, 6) is -3.67. The fraction of sp³-hybridized carbons (Fsp3) is 0.684. The van der Waals surface area contributed by atoms with E-state index < -0.39 is 51.9 Å². The topological polar surface area (TPSA) is 107 Å². The number of fused-ring (bicyclic) bond motifs is 1. The van der Waals surface area contributed by atoms with Gasteiger partial charge in [0.2, 0.25) is 0 Å². The molecule has 0 radical (unpaired) electrons. The second-order valence-electron chi connectivity index (χ2n) is 8.92. The lowest BCUT2D eigenvalue weighted by molar-refractivity contribution is -0.318. The van der Waals surface area contributed by atoms with E-state index in [0.717, 1.165) is 0 Å². The molecule has 0 aromatic carbocycles. The van der Waals surface area contributed by atoms with Crippen LogP contribution >= 0.6 is 0 Å². The molecule has 2 N–H and O–H groups in total. The highest BCUT2D eigenvalue weighted by Crippen LogP contribution is 2.77. The summed E-state index contributed by atoms with van der Waals surface area (Å²) in [7, 11) is 0. The summed E-state index contributed by atoms with van der Waals surface area (Å²) in [6, 6.07) is 0. The van der Waals surface area contributed by atoms with Crippen LogP contribution in [0.25, 0.3) is 0 Å². The fourth-order valence-electron chi connectivity index (χ4n) is 7.11. The number of aliphatic hydroxyl groups excluding tert-OH is 1. The molecule has 0 amide bonds. The number of aliphatic carboxylic acids is 1. The van der Waals surface area contributed by atoms with Crippen molar-refractivity contribution in [2.24, 2.45) is 28.6 Å². The summed E-state index contributed by atoms with van der Waals surface area (Å²) < 4.78 is 5.85. The Morgan fingerprint density at radius 1 is 1.48 bits per heavy atom. The maximum absolute atomic E-state index is 12.7. The van der Waals surface area contributed by atoms with Crippen molar-refractivity contribution in [2.45, 2.75) is 49.9 Å². The highest BCUT2D eigenvalue weighted by Gasteiger charge is 2.82. The quantitative estimate of drug-likeness (QED) is 0.499. The first-order valence-electron chi connectivity index (χ1n) is 8.84. The van der Waals surface area contributed by atoms with Gasteiger partial charge in [0.25, 0.3) is 0 Å². The number of aliphatic hydroxyl groups is 2. The Balaban J connectivity index is 1.78. The molecule has 6 nitrogen and oxygen atoms in total. The molecule has 8 atom stereocenters. The van der Waals surface area contributed by atoms with Crippen LogP contribution in [0.1, 0.15) is 32.6 Å². The molecule has 0 aromatic rings. The summed E-state index contributed by atoms with van der Waals surface area (Å²) in [6.07, 6.45) is 3.91. The Bertz CT molecular complexity index is 772. The standard InChI is InChI=1S/C19H22O6/c1-9-7-17-8-18(9,24)5-3-10(17)19-6-4-11(20)16(2,15(23)25-19)13(19)12(17)14(21)22/h4,6,10-13,20,24H,1,3,5,7-8H2,2H3,(H,21,22)/p-1/t10?,11?,12?,13?,16-,17?,18+,19-/m1/s1. The summed E-state index contributed by atoms with van der Waals surface area (Å²) in [6.45, 7) is 5.60. The van der Waals surface area contributed by atoms with Crippen molar-refractivity contribution in [1.82, 2.24) is 0 Å². The predicted molar refractivity (Wildman–Crippen MR) is 82.5 cm³/mol. The molecular formula is C19H21O6-. The van der Waals surface area contributed by atoms with E-state index in [1.165, 1.54) is 0 Å². The van der Waals surface area contributed by atoms with E-state index in [0.29, 0.717) is 31.3 Å². The second-order valence-corrected chi connectivity index (χ2v) is 8.92. The van der Waals surface area contributed by atoms with Gasteiger partial charge in [0.05, 0.1) is 11.7 Å². The Morgan fingerprint density at radius 2 is 2.20 bits per heavy atom. The average Bonchev–Trinajstić information content (AvgIpc) is 2.95. The molecule has 0 aromatic heterocycles. The van der Waals surface area contributed by atoms with Crippen LogP contribution < -0.4 is 5.11 Å². The third-order valence-electron chi connectivity index (χ3n) is 8.11. The van der Waals surface area contributed by atoms with Gasteiger partial charge < -0.3 is 24.9 Å². The number of ether oxygens (including phenoxy) is 1. The van der Waals surface area contributed by atoms with Crippen molar-refractivity contribution in [1.29, 1.82) is 0 Å². The van der Waals surface area contributed by atoms with Gasteiger partial charge in [-0.05, 0) is 49.7 Å². The van der Waals surface area contributed by atoms with Crippen LogP contribution in [0, 0.1) is 28.6 Å². The van der Waals surface area contributed by atoms with Crippen molar-refractivity contribution in [3.05, 3.63) is 24.3 Å². The maximum atomic E-state index is 12.7. The normalized spacial score (nSPS) is 58.0. The van der Waals surface area contributed by atoms with E-state index in [2.05, 4.69) is 6.58 Å². The van der Waals surface area contributed by atoms with Crippen LogP contribution in [0.5, 0.6) is 0 Å². The number of hydrogen-bond acceptors (Lipinski definition) is 6. The summed E-state index contributed by atoms with van der Waals surface area (Å²) in [5, 5.41) is 33.7. The van der Waals surface area contributed by atoms with Gasteiger partial charge in [-0.3, -0.25) is 4.79 Å². The highest BCUT2D eigenvalue weighted by atomic mass is 16.6. The Kier molecular flexibility index (Phi) is 2.50. The minimum absolute atomic E-state index is 0.220. The Labute approximate surface area is 145 Å². The van der Waals surface area contributed by atoms with Crippen molar-refractivity contribution in [3.63, 3.8) is 0 Å².